The summed E-state index contributed by atoms with van der Waals surface area (Å²) in [5.41, 5.74) is 5.88. The molecule has 6 nitrogen and oxygen atoms in total. The molecule has 22 heavy (non-hydrogen) atoms. The van der Waals surface area contributed by atoms with Gasteiger partial charge in [-0.2, -0.15) is 0 Å². The first-order valence-electron chi connectivity index (χ1n) is 6.88. The summed E-state index contributed by atoms with van der Waals surface area (Å²) in [5.74, 6) is 5.88. The van der Waals surface area contributed by atoms with E-state index in [2.05, 4.69) is 22.5 Å². The van der Waals surface area contributed by atoms with E-state index in [1.54, 1.807) is 39.0 Å². The number of benzene rings is 1. The Kier molecular flexibility index (Phi) is 6.26. The number of nitrogens with two attached hydrogens (primary N) is 1. The second-order valence-corrected chi connectivity index (χ2v) is 5.55. The molecule has 0 spiro atoms. The van der Waals surface area contributed by atoms with Crippen molar-refractivity contribution >= 4 is 17.8 Å². The largest absolute Gasteiger partial charge is 0.444 e. The van der Waals surface area contributed by atoms with Crippen LogP contribution in [-0.4, -0.2) is 24.3 Å². The molecular weight excluding hydrogens is 282 g/mol. The first-order chi connectivity index (χ1) is 10.3. The van der Waals surface area contributed by atoms with Gasteiger partial charge in [0.05, 0.1) is 0 Å². The van der Waals surface area contributed by atoms with E-state index in [0.29, 0.717) is 18.7 Å². The highest BCUT2D eigenvalue weighted by Gasteiger charge is 2.15. The van der Waals surface area contributed by atoms with Gasteiger partial charge in [0, 0.05) is 24.2 Å². The summed E-state index contributed by atoms with van der Waals surface area (Å²) in [6.07, 6.45) is 0.0363. The second-order valence-electron chi connectivity index (χ2n) is 5.55. The van der Waals surface area contributed by atoms with Crippen LogP contribution in [0.1, 0.15) is 32.8 Å². The van der Waals surface area contributed by atoms with E-state index < -0.39 is 17.7 Å². The number of ether oxygens (including phenoxy) is 1. The van der Waals surface area contributed by atoms with Gasteiger partial charge in [0.15, 0.2) is 0 Å². The maximum atomic E-state index is 11.4. The van der Waals surface area contributed by atoms with Crippen molar-refractivity contribution in [2.45, 2.75) is 32.8 Å². The lowest BCUT2D eigenvalue weighted by atomic mass is 10.2. The third kappa shape index (κ3) is 7.80. The number of rotatable bonds is 3. The lowest BCUT2D eigenvalue weighted by Gasteiger charge is -2.19. The van der Waals surface area contributed by atoms with Crippen molar-refractivity contribution in [1.82, 2.24) is 5.32 Å². The molecule has 1 rings (SSSR count). The molecule has 0 unspecified atom stereocenters. The Hall–Kier alpha value is -2.68. The summed E-state index contributed by atoms with van der Waals surface area (Å²) < 4.78 is 5.10. The Morgan fingerprint density at radius 3 is 2.68 bits per heavy atom. The smallest absolute Gasteiger partial charge is 0.407 e. The molecule has 118 valence electrons. The average Bonchev–Trinajstić information content (AvgIpc) is 2.35. The van der Waals surface area contributed by atoms with E-state index in [9.17, 15) is 9.59 Å². The van der Waals surface area contributed by atoms with Crippen LogP contribution in [0.15, 0.2) is 24.3 Å². The van der Waals surface area contributed by atoms with Crippen molar-refractivity contribution in [3.8, 4) is 11.8 Å². The van der Waals surface area contributed by atoms with Crippen LogP contribution in [0.4, 0.5) is 15.3 Å². The zero-order valence-corrected chi connectivity index (χ0v) is 13.0. The topological polar surface area (TPSA) is 93.4 Å². The molecule has 0 radical (unpaired) electrons. The highest BCUT2D eigenvalue weighted by molar-refractivity contribution is 5.87. The van der Waals surface area contributed by atoms with Gasteiger partial charge >= 0.3 is 12.1 Å². The van der Waals surface area contributed by atoms with Crippen molar-refractivity contribution in [3.05, 3.63) is 29.8 Å². The minimum atomic E-state index is -0.619. The molecule has 1 aromatic rings. The van der Waals surface area contributed by atoms with Crippen LogP contribution in [-0.2, 0) is 4.74 Å². The maximum Gasteiger partial charge on any atom is 0.407 e. The van der Waals surface area contributed by atoms with Gasteiger partial charge in [-0.25, -0.2) is 9.59 Å². The van der Waals surface area contributed by atoms with E-state index in [-0.39, 0.29) is 0 Å². The van der Waals surface area contributed by atoms with Crippen LogP contribution in [0.3, 0.4) is 0 Å². The van der Waals surface area contributed by atoms with Crippen LogP contribution < -0.4 is 16.4 Å². The molecular formula is C16H21N3O3. The first kappa shape index (κ1) is 17.4. The molecule has 0 saturated heterocycles. The molecule has 1 aromatic carbocycles. The van der Waals surface area contributed by atoms with Crippen LogP contribution in [0.5, 0.6) is 0 Å². The lowest BCUT2D eigenvalue weighted by Crippen LogP contribution is -2.32. The van der Waals surface area contributed by atoms with Gasteiger partial charge in [-0.15, -0.1) is 0 Å². The monoisotopic (exact) mass is 303 g/mol. The Labute approximate surface area is 130 Å². The Morgan fingerprint density at radius 2 is 2.05 bits per heavy atom. The molecule has 6 heteroatoms. The van der Waals surface area contributed by atoms with E-state index in [4.69, 9.17) is 10.5 Å². The third-order valence-corrected chi connectivity index (χ3v) is 2.28. The van der Waals surface area contributed by atoms with E-state index in [1.807, 2.05) is 6.07 Å². The lowest BCUT2D eigenvalue weighted by molar-refractivity contribution is 0.0529. The third-order valence-electron chi connectivity index (χ3n) is 2.28. The summed E-state index contributed by atoms with van der Waals surface area (Å²) in [5, 5.41) is 5.11. The van der Waals surface area contributed by atoms with Gasteiger partial charge in [-0.3, -0.25) is 0 Å². The number of urea groups is 1. The van der Waals surface area contributed by atoms with E-state index in [1.165, 1.54) is 0 Å². The van der Waals surface area contributed by atoms with Crippen molar-refractivity contribution in [1.29, 1.82) is 0 Å². The molecule has 0 aliphatic rings. The Bertz CT molecular complexity index is 595. The molecule has 0 aromatic heterocycles. The molecule has 0 aliphatic carbocycles. The molecule has 4 N–H and O–H groups in total. The molecule has 0 atom stereocenters. The van der Waals surface area contributed by atoms with Crippen molar-refractivity contribution in [2.24, 2.45) is 5.73 Å². The number of anilines is 1. The number of amides is 3. The minimum Gasteiger partial charge on any atom is -0.444 e. The van der Waals surface area contributed by atoms with Gasteiger partial charge in [0.25, 0.3) is 0 Å². The van der Waals surface area contributed by atoms with Gasteiger partial charge in [0.1, 0.15) is 5.60 Å². The average molecular weight is 303 g/mol. The second kappa shape index (κ2) is 7.93. The summed E-state index contributed by atoms with van der Waals surface area (Å²) in [4.78, 5) is 22.2. The van der Waals surface area contributed by atoms with E-state index in [0.717, 1.165) is 5.56 Å². The Morgan fingerprint density at radius 1 is 1.32 bits per heavy atom. The number of hydrogen-bond acceptors (Lipinski definition) is 3. The minimum absolute atomic E-state index is 0.404. The normalized spacial score (nSPS) is 10.1. The zero-order valence-electron chi connectivity index (χ0n) is 13.0. The molecule has 0 aliphatic heterocycles. The summed E-state index contributed by atoms with van der Waals surface area (Å²) in [6, 6.07) is 6.42. The summed E-state index contributed by atoms with van der Waals surface area (Å²) in [6.45, 7) is 5.82. The molecule has 0 saturated carbocycles. The fraction of sp³-hybridized carbons (Fsp3) is 0.375. The quantitative estimate of drug-likeness (QED) is 0.591. The van der Waals surface area contributed by atoms with Crippen LogP contribution in [0.25, 0.3) is 0 Å². The number of carbonyl (C=O) groups is 2. The first-order valence-corrected chi connectivity index (χ1v) is 6.88. The van der Waals surface area contributed by atoms with Crippen molar-refractivity contribution in [2.75, 3.05) is 11.9 Å². The van der Waals surface area contributed by atoms with Crippen LogP contribution >= 0.6 is 0 Å². The fourth-order valence-electron chi connectivity index (χ4n) is 1.52. The van der Waals surface area contributed by atoms with E-state index >= 15 is 0 Å². The number of hydrogen-bond donors (Lipinski definition) is 3. The summed E-state index contributed by atoms with van der Waals surface area (Å²) >= 11 is 0. The predicted molar refractivity (Wildman–Crippen MR) is 85.4 cm³/mol. The maximum absolute atomic E-state index is 11.4. The molecule has 3 amide bonds. The zero-order chi connectivity index (χ0) is 16.6. The van der Waals surface area contributed by atoms with Crippen LogP contribution in [0.2, 0.25) is 0 Å². The predicted octanol–water partition coefficient (Wildman–Crippen LogP) is 2.44. The van der Waals surface area contributed by atoms with Gasteiger partial charge in [-0.1, -0.05) is 17.9 Å². The fourth-order valence-corrected chi connectivity index (χ4v) is 1.52. The SMILES string of the molecule is CC(C)(C)OC(=O)NCCC#Cc1cccc(NC(N)=O)c1. The number of alkyl carbamates (subject to hydrolysis) is 1. The highest BCUT2D eigenvalue weighted by Crippen LogP contribution is 2.09. The van der Waals surface area contributed by atoms with Crippen molar-refractivity contribution in [3.63, 3.8) is 0 Å². The van der Waals surface area contributed by atoms with Gasteiger partial charge < -0.3 is 21.1 Å². The summed E-state index contributed by atoms with van der Waals surface area (Å²) in [7, 11) is 0. The highest BCUT2D eigenvalue weighted by atomic mass is 16.6. The Balaban J connectivity index is 2.41. The number of carbonyl (C=O) groups excluding carboxylic acids is 2. The standard InChI is InChI=1S/C16H21N3O3/c1-16(2,3)22-15(21)18-10-5-4-7-12-8-6-9-13(11-12)19-14(17)20/h6,8-9,11H,5,10H2,1-3H3,(H,18,21)(H3,17,19,20). The number of nitrogens with one attached hydrogen (secondary N) is 2. The number of primary amides is 1. The molecule has 0 bridgehead atoms. The van der Waals surface area contributed by atoms with Crippen molar-refractivity contribution < 1.29 is 14.3 Å². The van der Waals surface area contributed by atoms with Gasteiger partial charge in [-0.05, 0) is 39.0 Å². The molecule has 0 fully saturated rings. The van der Waals surface area contributed by atoms with Gasteiger partial charge in [0.2, 0.25) is 0 Å². The van der Waals surface area contributed by atoms with Crippen LogP contribution in [0, 0.1) is 11.8 Å². The molecule has 0 heterocycles.